The Morgan fingerprint density at radius 2 is 1.72 bits per heavy atom. The number of carbonyl (C=O) groups is 2. The number of amides is 2. The summed E-state index contributed by atoms with van der Waals surface area (Å²) in [6, 6.07) is 18.0. The van der Waals surface area contributed by atoms with E-state index in [1.807, 2.05) is 73.3 Å². The maximum atomic E-state index is 12.9. The van der Waals surface area contributed by atoms with Crippen LogP contribution in [0.1, 0.15) is 43.4 Å². The van der Waals surface area contributed by atoms with Crippen molar-refractivity contribution in [2.75, 3.05) is 18.4 Å². The van der Waals surface area contributed by atoms with E-state index < -0.39 is 0 Å². The summed E-state index contributed by atoms with van der Waals surface area (Å²) in [5, 5.41) is 7.85. The fraction of sp³-hybridized carbons (Fsp3) is 0.346. The molecule has 166 valence electrons. The van der Waals surface area contributed by atoms with Crippen molar-refractivity contribution in [2.45, 2.75) is 46.0 Å². The number of nitrogens with zero attached hydrogens (tertiary/aromatic N) is 3. The van der Waals surface area contributed by atoms with Crippen LogP contribution in [0.5, 0.6) is 0 Å². The quantitative estimate of drug-likeness (QED) is 0.580. The van der Waals surface area contributed by atoms with Crippen LogP contribution in [0.4, 0.5) is 5.82 Å². The SMILES string of the molecule is Cc1cccc(-n2nc(C)c(-c3ccccc3)c2NC(=O)CCCC(=O)N2CCCC2)c1. The Morgan fingerprint density at radius 1 is 0.969 bits per heavy atom. The monoisotopic (exact) mass is 430 g/mol. The molecule has 0 saturated carbocycles. The van der Waals surface area contributed by atoms with Crippen molar-refractivity contribution < 1.29 is 9.59 Å². The summed E-state index contributed by atoms with van der Waals surface area (Å²) in [4.78, 5) is 27.1. The van der Waals surface area contributed by atoms with E-state index in [-0.39, 0.29) is 11.8 Å². The van der Waals surface area contributed by atoms with Gasteiger partial charge >= 0.3 is 0 Å². The molecule has 0 unspecified atom stereocenters. The van der Waals surface area contributed by atoms with Gasteiger partial charge in [0, 0.05) is 31.5 Å². The van der Waals surface area contributed by atoms with Crippen LogP contribution in [0.25, 0.3) is 16.8 Å². The van der Waals surface area contributed by atoms with E-state index in [9.17, 15) is 9.59 Å². The summed E-state index contributed by atoms with van der Waals surface area (Å²) in [5.74, 6) is 0.710. The molecule has 0 aliphatic carbocycles. The van der Waals surface area contributed by atoms with Gasteiger partial charge in [-0.25, -0.2) is 4.68 Å². The first kappa shape index (κ1) is 21.8. The molecule has 4 rings (SSSR count). The Hall–Kier alpha value is -3.41. The number of rotatable bonds is 7. The molecule has 0 atom stereocenters. The van der Waals surface area contributed by atoms with Gasteiger partial charge in [-0.3, -0.25) is 9.59 Å². The van der Waals surface area contributed by atoms with Crippen molar-refractivity contribution in [3.05, 3.63) is 65.9 Å². The van der Waals surface area contributed by atoms with Crippen LogP contribution in [0, 0.1) is 13.8 Å². The standard InChI is InChI=1S/C26H30N4O2/c1-19-10-8-13-22(18-19)30-26(25(20(2)28-30)21-11-4-3-5-12-21)27-23(31)14-9-15-24(32)29-16-6-7-17-29/h3-5,8,10-13,18H,6-7,9,14-17H2,1-2H3,(H,27,31). The molecule has 2 aromatic carbocycles. The zero-order valence-corrected chi connectivity index (χ0v) is 18.8. The lowest BCUT2D eigenvalue weighted by Crippen LogP contribution is -2.27. The highest BCUT2D eigenvalue weighted by molar-refractivity contribution is 5.95. The molecule has 0 bridgehead atoms. The number of carbonyl (C=O) groups excluding carboxylic acids is 2. The molecule has 0 spiro atoms. The van der Waals surface area contributed by atoms with Crippen LogP contribution in [0.2, 0.25) is 0 Å². The molecule has 2 heterocycles. The highest BCUT2D eigenvalue weighted by Crippen LogP contribution is 2.33. The third-order valence-corrected chi connectivity index (χ3v) is 5.88. The second kappa shape index (κ2) is 9.81. The molecule has 2 amide bonds. The maximum absolute atomic E-state index is 12.9. The van der Waals surface area contributed by atoms with Crippen LogP contribution >= 0.6 is 0 Å². The third-order valence-electron chi connectivity index (χ3n) is 5.88. The average Bonchev–Trinajstić information content (AvgIpc) is 3.43. The summed E-state index contributed by atoms with van der Waals surface area (Å²) in [7, 11) is 0. The molecular weight excluding hydrogens is 400 g/mol. The van der Waals surface area contributed by atoms with Gasteiger partial charge in [0.2, 0.25) is 11.8 Å². The van der Waals surface area contributed by atoms with Gasteiger partial charge in [0.25, 0.3) is 0 Å². The predicted molar refractivity (Wildman–Crippen MR) is 127 cm³/mol. The lowest BCUT2D eigenvalue weighted by molar-refractivity contribution is -0.130. The second-order valence-electron chi connectivity index (χ2n) is 8.42. The van der Waals surface area contributed by atoms with E-state index >= 15 is 0 Å². The number of anilines is 1. The lowest BCUT2D eigenvalue weighted by Gasteiger charge is -2.15. The van der Waals surface area contributed by atoms with E-state index in [4.69, 9.17) is 5.10 Å². The van der Waals surface area contributed by atoms with E-state index in [1.165, 1.54) is 0 Å². The van der Waals surface area contributed by atoms with Crippen molar-refractivity contribution in [3.63, 3.8) is 0 Å². The van der Waals surface area contributed by atoms with Crippen molar-refractivity contribution in [1.82, 2.24) is 14.7 Å². The van der Waals surface area contributed by atoms with Crippen molar-refractivity contribution in [3.8, 4) is 16.8 Å². The second-order valence-corrected chi connectivity index (χ2v) is 8.42. The van der Waals surface area contributed by atoms with Gasteiger partial charge in [0.15, 0.2) is 0 Å². The van der Waals surface area contributed by atoms with Crippen LogP contribution in [0.3, 0.4) is 0 Å². The molecule has 6 heteroatoms. The van der Waals surface area contributed by atoms with Gasteiger partial charge in [0.05, 0.1) is 11.4 Å². The normalized spacial score (nSPS) is 13.4. The maximum Gasteiger partial charge on any atom is 0.225 e. The molecule has 1 fully saturated rings. The number of likely N-dealkylation sites (tertiary alicyclic amines) is 1. The van der Waals surface area contributed by atoms with Gasteiger partial charge in [-0.1, -0.05) is 42.5 Å². The first-order valence-corrected chi connectivity index (χ1v) is 11.3. The Balaban J connectivity index is 1.55. The molecule has 1 aliphatic rings. The Bertz CT molecular complexity index is 1100. The van der Waals surface area contributed by atoms with E-state index in [1.54, 1.807) is 4.68 Å². The lowest BCUT2D eigenvalue weighted by atomic mass is 10.1. The van der Waals surface area contributed by atoms with E-state index in [0.29, 0.717) is 25.1 Å². The number of benzene rings is 2. The largest absolute Gasteiger partial charge is 0.343 e. The van der Waals surface area contributed by atoms with Gasteiger partial charge in [-0.05, 0) is 56.4 Å². The summed E-state index contributed by atoms with van der Waals surface area (Å²) >= 11 is 0. The first-order chi connectivity index (χ1) is 15.5. The molecule has 1 aliphatic heterocycles. The Kier molecular flexibility index (Phi) is 6.69. The molecule has 6 nitrogen and oxygen atoms in total. The number of hydrogen-bond acceptors (Lipinski definition) is 3. The first-order valence-electron chi connectivity index (χ1n) is 11.3. The van der Waals surface area contributed by atoms with Crippen molar-refractivity contribution >= 4 is 17.6 Å². The molecule has 1 aromatic heterocycles. The summed E-state index contributed by atoms with van der Waals surface area (Å²) in [6.07, 6.45) is 3.41. The van der Waals surface area contributed by atoms with Crippen LogP contribution < -0.4 is 5.32 Å². The predicted octanol–water partition coefficient (Wildman–Crippen LogP) is 4.89. The summed E-state index contributed by atoms with van der Waals surface area (Å²) in [6.45, 7) is 5.69. The van der Waals surface area contributed by atoms with Gasteiger partial charge in [-0.15, -0.1) is 0 Å². The van der Waals surface area contributed by atoms with Crippen molar-refractivity contribution in [1.29, 1.82) is 0 Å². The Morgan fingerprint density at radius 3 is 2.44 bits per heavy atom. The number of nitrogens with one attached hydrogen (secondary N) is 1. The zero-order valence-electron chi connectivity index (χ0n) is 18.8. The fourth-order valence-electron chi connectivity index (χ4n) is 4.26. The van der Waals surface area contributed by atoms with Gasteiger partial charge < -0.3 is 10.2 Å². The molecule has 1 N–H and O–H groups in total. The number of aromatic nitrogens is 2. The molecule has 0 radical (unpaired) electrons. The van der Waals surface area contributed by atoms with E-state index in [0.717, 1.165) is 54.0 Å². The molecule has 3 aromatic rings. The molecule has 32 heavy (non-hydrogen) atoms. The molecule has 1 saturated heterocycles. The number of hydrogen-bond donors (Lipinski definition) is 1. The minimum absolute atomic E-state index is 0.106. The van der Waals surface area contributed by atoms with Crippen LogP contribution in [-0.4, -0.2) is 39.6 Å². The average molecular weight is 431 g/mol. The minimum atomic E-state index is -0.106. The number of aryl methyl sites for hydroxylation is 2. The van der Waals surface area contributed by atoms with Crippen LogP contribution in [0.15, 0.2) is 54.6 Å². The van der Waals surface area contributed by atoms with Crippen LogP contribution in [-0.2, 0) is 9.59 Å². The highest BCUT2D eigenvalue weighted by Gasteiger charge is 2.21. The summed E-state index contributed by atoms with van der Waals surface area (Å²) < 4.78 is 1.80. The topological polar surface area (TPSA) is 67.2 Å². The zero-order chi connectivity index (χ0) is 22.5. The highest BCUT2D eigenvalue weighted by atomic mass is 16.2. The van der Waals surface area contributed by atoms with Crippen molar-refractivity contribution in [2.24, 2.45) is 0 Å². The van der Waals surface area contributed by atoms with Gasteiger partial charge in [0.1, 0.15) is 5.82 Å². The smallest absolute Gasteiger partial charge is 0.225 e. The fourth-order valence-corrected chi connectivity index (χ4v) is 4.26. The Labute approximate surface area is 189 Å². The summed E-state index contributed by atoms with van der Waals surface area (Å²) in [5.41, 5.74) is 4.78. The molecular formula is C26H30N4O2. The van der Waals surface area contributed by atoms with Gasteiger partial charge in [-0.2, -0.15) is 5.10 Å². The van der Waals surface area contributed by atoms with E-state index in [2.05, 4.69) is 5.32 Å². The minimum Gasteiger partial charge on any atom is -0.343 e. The third kappa shape index (κ3) is 4.90.